The molecule has 0 aromatic carbocycles. The molecule has 0 aliphatic carbocycles. The molecule has 0 spiro atoms. The predicted octanol–water partition coefficient (Wildman–Crippen LogP) is 11.1. The lowest BCUT2D eigenvalue weighted by molar-refractivity contribution is -0.117. The summed E-state index contributed by atoms with van der Waals surface area (Å²) in [4.78, 5) is 30.1. The Balaban J connectivity index is -0.0000000425. The third kappa shape index (κ3) is 347. The van der Waals surface area contributed by atoms with Gasteiger partial charge in [0, 0.05) is 50.4 Å². The van der Waals surface area contributed by atoms with Gasteiger partial charge in [0.05, 0.1) is 5.84 Å². The molecule has 0 fully saturated rings. The van der Waals surface area contributed by atoms with Crippen molar-refractivity contribution in [3.8, 4) is 0 Å². The molecule has 0 unspecified atom stereocenters. The van der Waals surface area contributed by atoms with E-state index in [2.05, 4.69) is 41.5 Å². The van der Waals surface area contributed by atoms with Crippen molar-refractivity contribution >= 4 is 33.0 Å². The predicted molar refractivity (Wildman–Crippen MR) is 272 cm³/mol. The summed E-state index contributed by atoms with van der Waals surface area (Å²) in [5, 5.41) is 22.5. The standard InChI is InChI=1S/C6H14N2.C6H12O.C6H14.C5H10O.C4H11N.C4H10O2S.C4H8O.C3H9N.C3H8O.C2H7N.C2H6O.C2H6/c1-2-3-4-5-6(7)8;1-3-4-5-6(2)7;1-3-5-6-4-2;1-3-4-5(2)6;1-2-3-4-5;1-3-4-7(2,5)6;1-3-4(2)5;1-2-3-4;1-3(2)4;2*1-2-3;1-2/h2-5H2,1H3,(H3,7,8);3-5H2,1-2H3;3-6H2,1-2H3;3-4H2,1-2H3;2-5H2,1H3;3-4H2,1-2H3;3H2,1-2H3;2-4H2,1H3;3-4H,1-2H3;2-3H2,1H3;3H,2H2,1H3;1-2H3. The normalized spacial score (nSPS) is 8.48. The second kappa shape index (κ2) is 101. The minimum absolute atomic E-state index is 0.167. The number of rotatable bonds is 18. The zero-order valence-electron chi connectivity index (χ0n) is 44.0. The molecule has 12 nitrogen and oxygen atoms in total. The molecule has 0 saturated carbocycles. The minimum Gasteiger partial charge on any atom is -0.397 e. The third-order valence-corrected chi connectivity index (χ3v) is 6.56. The van der Waals surface area contributed by atoms with E-state index in [1.165, 1.54) is 57.6 Å². The Bertz CT molecular complexity index is 788. The first-order valence-corrected chi connectivity index (χ1v) is 25.4. The first kappa shape index (κ1) is 89.2. The number of hydrogen-bond acceptors (Lipinski definition) is 11. The molecule has 0 aliphatic heterocycles. The number of carbonyl (C=O) groups excluding carboxylic acids is 3. The van der Waals surface area contributed by atoms with E-state index in [0.717, 1.165) is 77.4 Å². The Kier molecular flexibility index (Phi) is 151. The molecule has 0 aromatic rings. The molecule has 13 heteroatoms. The number of aliphatic hydroxyl groups is 2. The number of aliphatic hydroxyl groups excluding tert-OH is 2. The van der Waals surface area contributed by atoms with Crippen LogP contribution >= 0.6 is 0 Å². The lowest BCUT2D eigenvalue weighted by Crippen LogP contribution is -2.08. The van der Waals surface area contributed by atoms with Crippen LogP contribution in [0.1, 0.15) is 240 Å². The summed E-state index contributed by atoms with van der Waals surface area (Å²) in [5.41, 5.74) is 20.1. The molecule has 376 valence electrons. The number of ketones is 3. The van der Waals surface area contributed by atoms with Crippen LogP contribution in [0.2, 0.25) is 0 Å². The van der Waals surface area contributed by atoms with Crippen molar-refractivity contribution in [3.05, 3.63) is 0 Å². The zero-order chi connectivity index (χ0) is 50.7. The van der Waals surface area contributed by atoms with E-state index in [9.17, 15) is 22.8 Å². The number of hydrogen-bond donors (Lipinski definition) is 7. The first-order valence-electron chi connectivity index (χ1n) is 23.3. The Morgan fingerprint density at radius 3 is 0.917 bits per heavy atom. The maximum absolute atomic E-state index is 10.2. The lowest BCUT2D eigenvalue weighted by Gasteiger charge is -1.93. The van der Waals surface area contributed by atoms with Crippen molar-refractivity contribution < 1.29 is 33.0 Å². The van der Waals surface area contributed by atoms with Gasteiger partial charge in [0.1, 0.15) is 27.2 Å². The van der Waals surface area contributed by atoms with Crippen molar-refractivity contribution in [1.29, 1.82) is 5.41 Å². The number of nitrogens with one attached hydrogen (secondary N) is 1. The summed E-state index contributed by atoms with van der Waals surface area (Å²) < 4.78 is 20.5. The monoisotopic (exact) mass is 894 g/mol. The molecule has 0 radical (unpaired) electrons. The Labute approximate surface area is 377 Å². The highest BCUT2D eigenvalue weighted by Crippen LogP contribution is 1.97. The second-order valence-corrected chi connectivity index (χ2v) is 15.6. The van der Waals surface area contributed by atoms with Crippen LogP contribution in [0.5, 0.6) is 0 Å². The number of sulfone groups is 1. The molecule has 0 heterocycles. The average molecular weight is 895 g/mol. The van der Waals surface area contributed by atoms with E-state index in [1.54, 1.807) is 41.5 Å². The highest BCUT2D eigenvalue weighted by Gasteiger charge is 1.95. The van der Waals surface area contributed by atoms with E-state index >= 15 is 0 Å². The number of unbranched alkanes of at least 4 members (excludes halogenated alkanes) is 7. The van der Waals surface area contributed by atoms with Gasteiger partial charge in [0.2, 0.25) is 0 Å². The lowest BCUT2D eigenvalue weighted by atomic mass is 10.2. The van der Waals surface area contributed by atoms with Gasteiger partial charge in [-0.05, 0) is 99.7 Å². The quantitative estimate of drug-likeness (QED) is 0.0387. The van der Waals surface area contributed by atoms with Gasteiger partial charge in [-0.25, -0.2) is 8.42 Å². The zero-order valence-corrected chi connectivity index (χ0v) is 44.8. The first-order chi connectivity index (χ1) is 27.9. The van der Waals surface area contributed by atoms with Crippen LogP contribution in [0, 0.1) is 5.41 Å². The molecule has 0 aliphatic rings. The molecule has 0 amide bonds. The van der Waals surface area contributed by atoms with Crippen LogP contribution in [0.15, 0.2) is 0 Å². The third-order valence-electron chi connectivity index (χ3n) is 5.41. The summed E-state index contributed by atoms with van der Waals surface area (Å²) in [6.07, 6.45) is 20.4. The number of carbonyl (C=O) groups is 3. The van der Waals surface area contributed by atoms with Gasteiger partial charge in [0.25, 0.3) is 0 Å². The topological polar surface area (TPSA) is 254 Å². The summed E-state index contributed by atoms with van der Waals surface area (Å²) >= 11 is 0. The Morgan fingerprint density at radius 1 is 0.550 bits per heavy atom. The van der Waals surface area contributed by atoms with Gasteiger partial charge in [-0.1, -0.05) is 134 Å². The number of nitrogens with two attached hydrogens (primary N) is 4. The second-order valence-electron chi connectivity index (χ2n) is 13.4. The van der Waals surface area contributed by atoms with Crippen LogP contribution in [-0.2, 0) is 24.2 Å². The fraction of sp³-hybridized carbons (Fsp3) is 0.915. The Hall–Kier alpha value is -1.77. The van der Waals surface area contributed by atoms with Gasteiger partial charge in [-0.15, -0.1) is 0 Å². The maximum atomic E-state index is 10.2. The van der Waals surface area contributed by atoms with Crippen molar-refractivity contribution in [3.63, 3.8) is 0 Å². The molecule has 0 bridgehead atoms. The summed E-state index contributed by atoms with van der Waals surface area (Å²) in [5.74, 6) is 1.48. The highest BCUT2D eigenvalue weighted by molar-refractivity contribution is 7.90. The van der Waals surface area contributed by atoms with Crippen molar-refractivity contribution in [2.45, 2.75) is 246 Å². The van der Waals surface area contributed by atoms with Crippen molar-refractivity contribution in [2.24, 2.45) is 22.9 Å². The summed E-state index contributed by atoms with van der Waals surface area (Å²) in [6.45, 7) is 37.1. The smallest absolute Gasteiger partial charge is 0.147 e. The van der Waals surface area contributed by atoms with Crippen molar-refractivity contribution in [1.82, 2.24) is 0 Å². The summed E-state index contributed by atoms with van der Waals surface area (Å²) in [7, 11) is -2.67. The van der Waals surface area contributed by atoms with Crippen LogP contribution < -0.4 is 22.9 Å². The van der Waals surface area contributed by atoms with Crippen molar-refractivity contribution in [2.75, 3.05) is 38.2 Å². The van der Waals surface area contributed by atoms with Gasteiger partial charge >= 0.3 is 0 Å². The molecule has 11 N–H and O–H groups in total. The van der Waals surface area contributed by atoms with Crippen LogP contribution in [0.3, 0.4) is 0 Å². The van der Waals surface area contributed by atoms with E-state index in [-0.39, 0.29) is 24.3 Å². The minimum atomic E-state index is -2.67. The number of Topliss-reactive ketones (excluding diaryl/α,β-unsaturated/α-hetero) is 3. The van der Waals surface area contributed by atoms with Gasteiger partial charge in [-0.3, -0.25) is 5.41 Å². The van der Waals surface area contributed by atoms with Gasteiger partial charge in [0.15, 0.2) is 0 Å². The molecule has 0 atom stereocenters. The number of amidine groups is 1. The molecule has 0 aromatic heterocycles. The molecule has 60 heavy (non-hydrogen) atoms. The fourth-order valence-electron chi connectivity index (χ4n) is 2.42. The van der Waals surface area contributed by atoms with Gasteiger partial charge in [-0.2, -0.15) is 0 Å². The van der Waals surface area contributed by atoms with Crippen LogP contribution in [0.4, 0.5) is 0 Å². The van der Waals surface area contributed by atoms with E-state index in [0.29, 0.717) is 23.8 Å². The van der Waals surface area contributed by atoms with E-state index in [4.69, 9.17) is 38.6 Å². The van der Waals surface area contributed by atoms with E-state index < -0.39 is 9.84 Å². The average Bonchev–Trinajstić information content (AvgIpc) is 3.16. The maximum Gasteiger partial charge on any atom is 0.147 e. The largest absolute Gasteiger partial charge is 0.397 e. The molecular formula is C47H115N5O7S. The molecule has 0 rings (SSSR count). The van der Waals surface area contributed by atoms with Gasteiger partial charge < -0.3 is 47.5 Å². The molecular weight excluding hydrogens is 779 g/mol. The van der Waals surface area contributed by atoms with Crippen LogP contribution in [-0.4, -0.2) is 86.2 Å². The summed E-state index contributed by atoms with van der Waals surface area (Å²) in [6, 6.07) is 0. The Morgan fingerprint density at radius 2 is 0.833 bits per heavy atom. The van der Waals surface area contributed by atoms with Crippen LogP contribution in [0.25, 0.3) is 0 Å². The highest BCUT2D eigenvalue weighted by atomic mass is 32.2. The van der Waals surface area contributed by atoms with E-state index in [1.807, 2.05) is 41.5 Å². The SMILES string of the molecule is CC.CC(C)O.CCC(C)=O.CCCC(C)=O.CCCCC(C)=O.CCCCCC.CCCCCC(=N)N.CCCCN.CCCN.CCCS(C)(=O)=O.CCN.CCO. The molecule has 0 saturated heterocycles. The fourth-order valence-corrected chi connectivity index (χ4v) is 3.16.